The van der Waals surface area contributed by atoms with Crippen molar-refractivity contribution in [3.8, 4) is 23.7 Å². The molecule has 1 fully saturated rings. The molecule has 1 heterocycles. The molecule has 0 saturated carbocycles. The third-order valence-corrected chi connectivity index (χ3v) is 4.64. The van der Waals surface area contributed by atoms with E-state index in [9.17, 15) is 10.2 Å². The second-order valence-corrected chi connectivity index (χ2v) is 6.95. The molecule has 1 saturated heterocycles. The van der Waals surface area contributed by atoms with Crippen molar-refractivity contribution in [3.63, 3.8) is 0 Å². The first-order chi connectivity index (χ1) is 11.4. The van der Waals surface area contributed by atoms with Gasteiger partial charge in [-0.25, -0.2) is 0 Å². The molecule has 3 rings (SSSR count). The summed E-state index contributed by atoms with van der Waals surface area (Å²) in [5.74, 6) is 11.3. The molecule has 0 amide bonds. The predicted molar refractivity (Wildman–Crippen MR) is 90.7 cm³/mol. The minimum Gasteiger partial charge on any atom is -0.389 e. The highest BCUT2D eigenvalue weighted by molar-refractivity contribution is 5.50. The minimum atomic E-state index is -1.68. The van der Waals surface area contributed by atoms with Crippen molar-refractivity contribution < 1.29 is 19.7 Å². The van der Waals surface area contributed by atoms with Crippen LogP contribution in [0.3, 0.4) is 0 Å². The molecular formula is C20H24O4. The van der Waals surface area contributed by atoms with Gasteiger partial charge in [0.1, 0.15) is 6.10 Å². The van der Waals surface area contributed by atoms with E-state index in [1.54, 1.807) is 13.8 Å². The van der Waals surface area contributed by atoms with E-state index in [2.05, 4.69) is 29.8 Å². The number of allylic oxidation sites excluding steroid dienone is 4. The summed E-state index contributed by atoms with van der Waals surface area (Å²) in [6, 6.07) is 0. The van der Waals surface area contributed by atoms with Crippen LogP contribution in [0, 0.1) is 23.7 Å². The molecule has 1 aliphatic heterocycles. The van der Waals surface area contributed by atoms with Gasteiger partial charge in [0.2, 0.25) is 0 Å². The number of ether oxygens (including phenoxy) is 2. The fraction of sp³-hybridized carbons (Fsp3) is 0.600. The molecular weight excluding hydrogens is 304 g/mol. The van der Waals surface area contributed by atoms with E-state index >= 15 is 0 Å². The van der Waals surface area contributed by atoms with Gasteiger partial charge in [-0.05, 0) is 51.2 Å². The van der Waals surface area contributed by atoms with Gasteiger partial charge in [-0.15, -0.1) is 0 Å². The quantitative estimate of drug-likeness (QED) is 0.724. The number of rotatable bonds is 1. The molecule has 3 aliphatic rings. The lowest BCUT2D eigenvalue weighted by Gasteiger charge is -2.33. The third-order valence-electron chi connectivity index (χ3n) is 4.64. The fourth-order valence-electron chi connectivity index (χ4n) is 3.17. The predicted octanol–water partition coefficient (Wildman–Crippen LogP) is 2.07. The van der Waals surface area contributed by atoms with Gasteiger partial charge >= 0.3 is 0 Å². The zero-order chi connectivity index (χ0) is 17.2. The molecule has 2 N–H and O–H groups in total. The molecule has 2 aliphatic carbocycles. The van der Waals surface area contributed by atoms with E-state index < -0.39 is 23.6 Å². The number of aliphatic hydroxyl groups excluding tert-OH is 1. The maximum Gasteiger partial charge on any atom is 0.180 e. The third kappa shape index (κ3) is 3.58. The van der Waals surface area contributed by atoms with Gasteiger partial charge in [-0.1, -0.05) is 29.8 Å². The maximum absolute atomic E-state index is 11.2. The Bertz CT molecular complexity index is 680. The van der Waals surface area contributed by atoms with Gasteiger partial charge in [0.25, 0.3) is 0 Å². The van der Waals surface area contributed by atoms with E-state index in [0.29, 0.717) is 12.8 Å². The smallest absolute Gasteiger partial charge is 0.180 e. The Labute approximate surface area is 143 Å². The Balaban J connectivity index is 1.98. The summed E-state index contributed by atoms with van der Waals surface area (Å²) in [5, 5.41) is 21.7. The lowest BCUT2D eigenvalue weighted by molar-refractivity contribution is -0.176. The van der Waals surface area contributed by atoms with Crippen LogP contribution in [0.15, 0.2) is 23.3 Å². The number of fused-ring (bicyclic) bond motifs is 1. The van der Waals surface area contributed by atoms with E-state index in [1.807, 2.05) is 6.08 Å². The normalized spacial score (nSPS) is 37.3. The van der Waals surface area contributed by atoms with Gasteiger partial charge in [0, 0.05) is 12.0 Å². The van der Waals surface area contributed by atoms with Gasteiger partial charge in [0.15, 0.2) is 11.4 Å². The van der Waals surface area contributed by atoms with Gasteiger partial charge in [-0.3, -0.25) is 0 Å². The molecule has 0 spiro atoms. The monoisotopic (exact) mass is 328 g/mol. The maximum atomic E-state index is 11.2. The van der Waals surface area contributed by atoms with E-state index in [1.165, 1.54) is 0 Å². The molecule has 4 nitrogen and oxygen atoms in total. The Hall–Kier alpha value is -1.56. The van der Waals surface area contributed by atoms with Gasteiger partial charge in [0.05, 0.1) is 12.7 Å². The van der Waals surface area contributed by atoms with Crippen molar-refractivity contribution in [1.29, 1.82) is 0 Å². The first-order valence-corrected chi connectivity index (χ1v) is 8.54. The van der Waals surface area contributed by atoms with Crippen LogP contribution in [0.5, 0.6) is 0 Å². The number of aliphatic hydroxyl groups is 2. The molecule has 3 atom stereocenters. The Kier molecular flexibility index (Phi) is 4.85. The first kappa shape index (κ1) is 17.3. The molecule has 0 radical (unpaired) electrons. The standard InChI is InChI=1S/C20H24O4/c1-19(2)23-14-18(24-19)20(22)13-12-16-10-7-6-9-15(16)8-4-3-5-11-17(20)21/h8,10,17-18,21-22H,5-7,9,11,14H2,1-2H3/b15-8-/t17?,18-,20?/m1/s1. The average molecular weight is 328 g/mol. The second-order valence-electron chi connectivity index (χ2n) is 6.95. The average Bonchev–Trinajstić information content (AvgIpc) is 2.92. The summed E-state index contributed by atoms with van der Waals surface area (Å²) in [7, 11) is 0. The molecule has 0 aromatic rings. The molecule has 24 heavy (non-hydrogen) atoms. The lowest BCUT2D eigenvalue weighted by atomic mass is 9.87. The zero-order valence-electron chi connectivity index (χ0n) is 14.3. The lowest BCUT2D eigenvalue weighted by Crippen LogP contribution is -2.52. The Morgan fingerprint density at radius 3 is 2.92 bits per heavy atom. The summed E-state index contributed by atoms with van der Waals surface area (Å²) in [4.78, 5) is 0. The molecule has 0 bridgehead atoms. The molecule has 128 valence electrons. The summed E-state index contributed by atoms with van der Waals surface area (Å²) < 4.78 is 11.4. The molecule has 4 heteroatoms. The molecule has 2 unspecified atom stereocenters. The van der Waals surface area contributed by atoms with Crippen molar-refractivity contribution in [2.75, 3.05) is 6.61 Å². The van der Waals surface area contributed by atoms with E-state index in [4.69, 9.17) is 9.47 Å². The van der Waals surface area contributed by atoms with Crippen molar-refractivity contribution >= 4 is 0 Å². The highest BCUT2D eigenvalue weighted by Gasteiger charge is 2.49. The highest BCUT2D eigenvalue weighted by Crippen LogP contribution is 2.33. The van der Waals surface area contributed by atoms with Gasteiger partial charge < -0.3 is 19.7 Å². The van der Waals surface area contributed by atoms with Crippen molar-refractivity contribution in [1.82, 2.24) is 0 Å². The van der Waals surface area contributed by atoms with Crippen LogP contribution >= 0.6 is 0 Å². The van der Waals surface area contributed by atoms with Crippen LogP contribution in [0.1, 0.15) is 46.0 Å². The Morgan fingerprint density at radius 1 is 1.33 bits per heavy atom. The minimum absolute atomic E-state index is 0.197. The summed E-state index contributed by atoms with van der Waals surface area (Å²) >= 11 is 0. The van der Waals surface area contributed by atoms with Crippen LogP contribution in [0.2, 0.25) is 0 Å². The van der Waals surface area contributed by atoms with Crippen LogP contribution in [-0.2, 0) is 9.47 Å². The van der Waals surface area contributed by atoms with Crippen molar-refractivity contribution in [3.05, 3.63) is 23.3 Å². The summed E-state index contributed by atoms with van der Waals surface area (Å²) in [6.45, 7) is 3.78. The largest absolute Gasteiger partial charge is 0.389 e. The first-order valence-electron chi connectivity index (χ1n) is 8.54. The molecule has 0 aromatic carbocycles. The van der Waals surface area contributed by atoms with Crippen LogP contribution in [-0.4, -0.2) is 40.4 Å². The topological polar surface area (TPSA) is 58.9 Å². The Morgan fingerprint density at radius 2 is 2.17 bits per heavy atom. The highest BCUT2D eigenvalue weighted by atomic mass is 16.7. The zero-order valence-corrected chi connectivity index (χ0v) is 14.3. The van der Waals surface area contributed by atoms with Crippen LogP contribution in [0.4, 0.5) is 0 Å². The summed E-state index contributed by atoms with van der Waals surface area (Å²) in [6.07, 6.45) is 6.05. The SMILES string of the molecule is CC1(C)OC[C@H](C2(O)C#CC3=CCCC/C3=C/C#CCCC2O)O1. The van der Waals surface area contributed by atoms with Crippen LogP contribution in [0.25, 0.3) is 0 Å². The van der Waals surface area contributed by atoms with Crippen molar-refractivity contribution in [2.45, 2.75) is 69.5 Å². The number of hydrogen-bond donors (Lipinski definition) is 2. The van der Waals surface area contributed by atoms with E-state index in [0.717, 1.165) is 30.4 Å². The van der Waals surface area contributed by atoms with Crippen molar-refractivity contribution in [2.24, 2.45) is 0 Å². The summed E-state index contributed by atoms with van der Waals surface area (Å²) in [5.41, 5.74) is 0.313. The van der Waals surface area contributed by atoms with Crippen LogP contribution < -0.4 is 0 Å². The fourth-order valence-corrected chi connectivity index (χ4v) is 3.17. The van der Waals surface area contributed by atoms with E-state index in [-0.39, 0.29) is 6.61 Å². The van der Waals surface area contributed by atoms with Gasteiger partial charge in [-0.2, -0.15) is 0 Å². The second kappa shape index (κ2) is 6.75. The number of hydrogen-bond acceptors (Lipinski definition) is 4. The molecule has 0 aromatic heterocycles.